The van der Waals surface area contributed by atoms with E-state index in [1.165, 1.54) is 5.19 Å². The first-order chi connectivity index (χ1) is 17.8. The van der Waals surface area contributed by atoms with Crippen LogP contribution < -0.4 is 20.0 Å². The van der Waals surface area contributed by atoms with E-state index < -0.39 is 8.07 Å². The number of hydrogen-bond donors (Lipinski definition) is 2. The second-order valence-electron chi connectivity index (χ2n) is 10.2. The Balaban J connectivity index is 1.63. The van der Waals surface area contributed by atoms with Gasteiger partial charge in [-0.25, -0.2) is 0 Å². The van der Waals surface area contributed by atoms with Crippen LogP contribution in [0.5, 0.6) is 11.5 Å². The summed E-state index contributed by atoms with van der Waals surface area (Å²) in [6, 6.07) is 23.2. The van der Waals surface area contributed by atoms with Crippen molar-refractivity contribution in [1.82, 2.24) is 0 Å². The number of carbonyl (C=O) groups excluding carboxylic acids is 1. The van der Waals surface area contributed by atoms with Crippen molar-refractivity contribution in [3.05, 3.63) is 83.9 Å². The maximum absolute atomic E-state index is 12.7. The van der Waals surface area contributed by atoms with Gasteiger partial charge in [0.1, 0.15) is 17.6 Å². The fraction of sp³-hybridized carbons (Fsp3) is 0.367. The molecule has 0 aromatic heterocycles. The van der Waals surface area contributed by atoms with E-state index in [4.69, 9.17) is 14.2 Å². The highest BCUT2D eigenvalue weighted by Crippen LogP contribution is 2.47. The van der Waals surface area contributed by atoms with Crippen LogP contribution in [0.25, 0.3) is 0 Å². The molecule has 37 heavy (non-hydrogen) atoms. The highest BCUT2D eigenvalue weighted by molar-refractivity contribution is 6.91. The minimum atomic E-state index is -2.08. The lowest BCUT2D eigenvalue weighted by Gasteiger charge is -2.45. The summed E-state index contributed by atoms with van der Waals surface area (Å²) in [7, 11) is 1.31. The third kappa shape index (κ3) is 5.59. The highest BCUT2D eigenvalue weighted by Gasteiger charge is 2.46. The Kier molecular flexibility index (Phi) is 8.37. The first-order valence-electron chi connectivity index (χ1n) is 12.7. The first kappa shape index (κ1) is 26.9. The number of fused-ring (bicyclic) bond motifs is 1. The van der Waals surface area contributed by atoms with Gasteiger partial charge in [-0.05, 0) is 54.4 Å². The molecule has 1 aliphatic rings. The first-order valence-corrected chi connectivity index (χ1v) is 15.8. The molecule has 4 atom stereocenters. The number of aliphatic hydroxyl groups is 1. The molecule has 4 rings (SSSR count). The van der Waals surface area contributed by atoms with Crippen LogP contribution in [0.4, 0.5) is 5.69 Å². The second kappa shape index (κ2) is 11.5. The van der Waals surface area contributed by atoms with Crippen LogP contribution in [0.1, 0.15) is 35.4 Å². The number of carbonyl (C=O) groups is 1. The summed E-state index contributed by atoms with van der Waals surface area (Å²) in [5.41, 5.74) is 2.38. The molecule has 0 saturated carbocycles. The van der Waals surface area contributed by atoms with E-state index in [-0.39, 0.29) is 36.2 Å². The molecule has 7 heteroatoms. The molecule has 1 aliphatic heterocycles. The SMILES string of the molecule is COc1ccc([Si](C)(C)C(CCO)[C@@H]2Oc3ccc(NC(=O)c4ccccc4)cc3[C@H](OC)[C@H]2C)cc1. The Bertz CT molecular complexity index is 1200. The zero-order chi connectivity index (χ0) is 26.6. The van der Waals surface area contributed by atoms with Crippen LogP contribution in [0.3, 0.4) is 0 Å². The summed E-state index contributed by atoms with van der Waals surface area (Å²) in [4.78, 5) is 12.7. The average Bonchev–Trinajstić information content (AvgIpc) is 2.92. The molecular weight excluding hydrogens is 482 g/mol. The van der Waals surface area contributed by atoms with Gasteiger partial charge in [-0.1, -0.05) is 55.5 Å². The molecule has 0 aliphatic carbocycles. The Hall–Kier alpha value is -3.13. The molecule has 1 heterocycles. The van der Waals surface area contributed by atoms with Gasteiger partial charge in [0.15, 0.2) is 0 Å². The van der Waals surface area contributed by atoms with Gasteiger partial charge in [0.2, 0.25) is 0 Å². The Morgan fingerprint density at radius 2 is 1.76 bits per heavy atom. The van der Waals surface area contributed by atoms with Gasteiger partial charge < -0.3 is 24.6 Å². The molecule has 0 fully saturated rings. The number of ether oxygens (including phenoxy) is 3. The Morgan fingerprint density at radius 3 is 2.38 bits per heavy atom. The number of amides is 1. The lowest BCUT2D eigenvalue weighted by atomic mass is 9.86. The lowest BCUT2D eigenvalue weighted by molar-refractivity contribution is -0.0241. The third-order valence-electron chi connectivity index (χ3n) is 7.72. The molecule has 0 saturated heterocycles. The maximum Gasteiger partial charge on any atom is 0.255 e. The van der Waals surface area contributed by atoms with Crippen LogP contribution >= 0.6 is 0 Å². The molecule has 6 nitrogen and oxygen atoms in total. The standard InChI is InChI=1S/C30H37NO5Si/c1-20-28(35-3)25-19-22(31-30(33)21-9-7-6-8-10-21)11-16-26(25)36-29(20)27(17-18-32)37(4,5)24-14-12-23(34-2)13-15-24/h6-16,19-20,27-29,32H,17-18H2,1-5H3,(H,31,33)/t20-,27?,28-,29-/m1/s1. The van der Waals surface area contributed by atoms with Gasteiger partial charge in [-0.3, -0.25) is 4.79 Å². The quantitative estimate of drug-likeness (QED) is 0.370. The van der Waals surface area contributed by atoms with E-state index in [0.29, 0.717) is 17.7 Å². The van der Waals surface area contributed by atoms with Crippen molar-refractivity contribution in [2.24, 2.45) is 5.92 Å². The summed E-state index contributed by atoms with van der Waals surface area (Å²) in [5, 5.41) is 14.3. The molecule has 1 amide bonds. The largest absolute Gasteiger partial charge is 0.497 e. The molecule has 0 radical (unpaired) electrons. The van der Waals surface area contributed by atoms with E-state index >= 15 is 0 Å². The fourth-order valence-corrected chi connectivity index (χ4v) is 9.06. The van der Waals surface area contributed by atoms with Crippen molar-refractivity contribution in [3.8, 4) is 11.5 Å². The predicted octanol–water partition coefficient (Wildman–Crippen LogP) is 5.40. The van der Waals surface area contributed by atoms with Gasteiger partial charge in [0, 0.05) is 36.4 Å². The van der Waals surface area contributed by atoms with Crippen LogP contribution in [-0.2, 0) is 4.74 Å². The fourth-order valence-electron chi connectivity index (χ4n) is 5.56. The van der Waals surface area contributed by atoms with Gasteiger partial charge >= 0.3 is 0 Å². The molecule has 0 bridgehead atoms. The molecule has 0 spiro atoms. The zero-order valence-electron chi connectivity index (χ0n) is 22.2. The topological polar surface area (TPSA) is 77.0 Å². The van der Waals surface area contributed by atoms with Crippen molar-refractivity contribution in [2.75, 3.05) is 26.1 Å². The van der Waals surface area contributed by atoms with Crippen LogP contribution in [0.15, 0.2) is 72.8 Å². The number of methoxy groups -OCH3 is 2. The number of nitrogens with one attached hydrogen (secondary N) is 1. The minimum Gasteiger partial charge on any atom is -0.497 e. The molecule has 196 valence electrons. The second-order valence-corrected chi connectivity index (χ2v) is 15.0. The van der Waals surface area contributed by atoms with E-state index in [9.17, 15) is 9.90 Å². The predicted molar refractivity (Wildman–Crippen MR) is 150 cm³/mol. The lowest BCUT2D eigenvalue weighted by Crippen LogP contribution is -2.54. The zero-order valence-corrected chi connectivity index (χ0v) is 23.2. The average molecular weight is 520 g/mol. The molecule has 3 aromatic carbocycles. The van der Waals surface area contributed by atoms with Crippen LogP contribution in [-0.4, -0.2) is 46.0 Å². The van der Waals surface area contributed by atoms with E-state index in [2.05, 4.69) is 37.5 Å². The third-order valence-corrected chi connectivity index (χ3v) is 12.0. The van der Waals surface area contributed by atoms with Crippen molar-refractivity contribution < 1.29 is 24.1 Å². The van der Waals surface area contributed by atoms with Crippen molar-refractivity contribution in [1.29, 1.82) is 0 Å². The van der Waals surface area contributed by atoms with Crippen LogP contribution in [0.2, 0.25) is 18.6 Å². The van der Waals surface area contributed by atoms with E-state index in [1.54, 1.807) is 26.4 Å². The number of benzene rings is 3. The molecule has 3 aromatic rings. The molecule has 2 N–H and O–H groups in total. The minimum absolute atomic E-state index is 0.0409. The molecular formula is C30H37NO5Si. The van der Waals surface area contributed by atoms with Gasteiger partial charge in [-0.2, -0.15) is 0 Å². The number of hydrogen-bond acceptors (Lipinski definition) is 5. The maximum atomic E-state index is 12.7. The monoisotopic (exact) mass is 519 g/mol. The molecule has 1 unspecified atom stereocenters. The number of anilines is 1. The number of aliphatic hydroxyl groups excluding tert-OH is 1. The van der Waals surface area contributed by atoms with E-state index in [1.807, 2.05) is 48.5 Å². The van der Waals surface area contributed by atoms with Gasteiger partial charge in [0.25, 0.3) is 5.91 Å². The summed E-state index contributed by atoms with van der Waals surface area (Å²) in [6.07, 6.45) is 0.319. The Labute approximate surface area is 220 Å². The smallest absolute Gasteiger partial charge is 0.255 e. The summed E-state index contributed by atoms with van der Waals surface area (Å²) < 4.78 is 18.1. The summed E-state index contributed by atoms with van der Waals surface area (Å²) in [5.74, 6) is 1.47. The summed E-state index contributed by atoms with van der Waals surface area (Å²) >= 11 is 0. The van der Waals surface area contributed by atoms with Crippen molar-refractivity contribution in [2.45, 2.75) is 44.2 Å². The summed E-state index contributed by atoms with van der Waals surface area (Å²) in [6.45, 7) is 6.92. The van der Waals surface area contributed by atoms with Crippen molar-refractivity contribution >= 4 is 24.9 Å². The van der Waals surface area contributed by atoms with E-state index in [0.717, 1.165) is 17.1 Å². The van der Waals surface area contributed by atoms with Crippen LogP contribution in [0, 0.1) is 5.92 Å². The Morgan fingerprint density at radius 1 is 1.05 bits per heavy atom. The van der Waals surface area contributed by atoms with Gasteiger partial charge in [-0.15, -0.1) is 0 Å². The van der Waals surface area contributed by atoms with Gasteiger partial charge in [0.05, 0.1) is 21.3 Å². The normalized spacial score (nSPS) is 19.9. The number of rotatable bonds is 9. The van der Waals surface area contributed by atoms with Crippen molar-refractivity contribution in [3.63, 3.8) is 0 Å². The highest BCUT2D eigenvalue weighted by atomic mass is 28.3.